The number of hydrogen-bond acceptors (Lipinski definition) is 7. The summed E-state index contributed by atoms with van der Waals surface area (Å²) in [5.74, 6) is -1.64. The molecule has 0 heterocycles. The Kier molecular flexibility index (Phi) is 15.0. The molecule has 3 N–H and O–H groups in total. The average Bonchev–Trinajstić information content (AvgIpc) is 2.84. The molecule has 0 fully saturated rings. The lowest BCUT2D eigenvalue weighted by molar-refractivity contribution is -0.144. The molecule has 1 rings (SSSR count). The maximum atomic E-state index is 13.7. The monoisotopic (exact) mass is 549 g/mol. The Hall–Kier alpha value is -3.30. The number of esters is 1. The van der Waals surface area contributed by atoms with Crippen LogP contribution in [0.2, 0.25) is 0 Å². The van der Waals surface area contributed by atoms with Crippen molar-refractivity contribution in [3.05, 3.63) is 29.8 Å². The zero-order valence-corrected chi connectivity index (χ0v) is 24.4. The van der Waals surface area contributed by atoms with Crippen LogP contribution in [0.5, 0.6) is 5.75 Å². The molecule has 0 spiro atoms. The summed E-state index contributed by atoms with van der Waals surface area (Å²) in [7, 11) is 0. The highest BCUT2D eigenvalue weighted by Gasteiger charge is 2.35. The van der Waals surface area contributed by atoms with Crippen molar-refractivity contribution in [2.75, 3.05) is 19.7 Å². The molecule has 2 atom stereocenters. The van der Waals surface area contributed by atoms with Crippen LogP contribution in [-0.2, 0) is 23.9 Å². The normalized spacial score (nSPS) is 12.7. The van der Waals surface area contributed by atoms with Gasteiger partial charge < -0.3 is 30.1 Å². The van der Waals surface area contributed by atoms with E-state index in [2.05, 4.69) is 17.6 Å². The summed E-state index contributed by atoms with van der Waals surface area (Å²) >= 11 is 0. The molecular weight excluding hydrogens is 502 g/mol. The zero-order chi connectivity index (χ0) is 29.4. The number of nitrogens with one attached hydrogen (secondary N) is 2. The molecule has 0 aromatic heterocycles. The van der Waals surface area contributed by atoms with E-state index in [4.69, 9.17) is 9.47 Å². The molecule has 0 aliphatic rings. The van der Waals surface area contributed by atoms with Crippen molar-refractivity contribution in [1.29, 1.82) is 0 Å². The Morgan fingerprint density at radius 1 is 1.00 bits per heavy atom. The van der Waals surface area contributed by atoms with E-state index in [-0.39, 0.29) is 37.4 Å². The Labute approximate surface area is 232 Å². The Morgan fingerprint density at radius 2 is 1.64 bits per heavy atom. The fourth-order valence-corrected chi connectivity index (χ4v) is 4.01. The van der Waals surface area contributed by atoms with Crippen LogP contribution in [-0.4, -0.2) is 65.2 Å². The van der Waals surface area contributed by atoms with Crippen molar-refractivity contribution in [1.82, 2.24) is 15.5 Å². The number of aromatic hydroxyl groups is 1. The van der Waals surface area contributed by atoms with E-state index in [0.29, 0.717) is 6.42 Å². The number of rotatable bonds is 16. The van der Waals surface area contributed by atoms with E-state index in [9.17, 15) is 24.3 Å². The summed E-state index contributed by atoms with van der Waals surface area (Å²) in [6, 6.07) is 4.15. The molecule has 0 aliphatic heterocycles. The van der Waals surface area contributed by atoms with Crippen LogP contribution in [0.4, 0.5) is 4.79 Å². The smallest absolute Gasteiger partial charge is 0.408 e. The summed E-state index contributed by atoms with van der Waals surface area (Å²) in [5.41, 5.74) is -0.503. The Morgan fingerprint density at radius 3 is 2.26 bits per heavy atom. The highest BCUT2D eigenvalue weighted by molar-refractivity contribution is 5.92. The summed E-state index contributed by atoms with van der Waals surface area (Å²) in [6.07, 6.45) is 5.02. The van der Waals surface area contributed by atoms with Gasteiger partial charge in [0.1, 0.15) is 23.4 Å². The standard InChI is InChI=1S/C29H47N3O7/c1-7-9-10-11-12-15-20-32(27(36)21(3)31-28(37)39-29(4,5)6)25(22-16-13-14-17-23(22)33)26(35)30-19-18-24(34)38-8-2/h13-14,16-17,21,25,33H,7-12,15,18-20H2,1-6H3,(H,30,35)(H,31,37). The van der Waals surface area contributed by atoms with Gasteiger partial charge in [-0.15, -0.1) is 0 Å². The lowest BCUT2D eigenvalue weighted by Crippen LogP contribution is -2.52. The average molecular weight is 550 g/mol. The van der Waals surface area contributed by atoms with Crippen molar-refractivity contribution < 1.29 is 33.8 Å². The summed E-state index contributed by atoms with van der Waals surface area (Å²) in [4.78, 5) is 52.8. The van der Waals surface area contributed by atoms with Crippen LogP contribution in [0.15, 0.2) is 24.3 Å². The number of para-hydroxylation sites is 1. The highest BCUT2D eigenvalue weighted by Crippen LogP contribution is 2.30. The molecular formula is C29H47N3O7. The minimum absolute atomic E-state index is 0.00647. The minimum atomic E-state index is -1.18. The molecule has 220 valence electrons. The number of nitrogens with zero attached hydrogens (tertiary/aromatic N) is 1. The van der Waals surface area contributed by atoms with Gasteiger partial charge in [0.15, 0.2) is 0 Å². The fraction of sp³-hybridized carbons (Fsp3) is 0.655. The second kappa shape index (κ2) is 17.3. The van der Waals surface area contributed by atoms with Gasteiger partial charge in [0, 0.05) is 18.7 Å². The number of phenolic OH excluding ortho intramolecular Hbond substituents is 1. The number of amides is 3. The third-order valence-corrected chi connectivity index (χ3v) is 5.86. The van der Waals surface area contributed by atoms with Crippen LogP contribution >= 0.6 is 0 Å². The van der Waals surface area contributed by atoms with Crippen molar-refractivity contribution in [3.63, 3.8) is 0 Å². The topological polar surface area (TPSA) is 134 Å². The second-order valence-electron chi connectivity index (χ2n) is 10.5. The number of hydrogen-bond donors (Lipinski definition) is 3. The first kappa shape index (κ1) is 33.7. The molecule has 3 amide bonds. The van der Waals surface area contributed by atoms with Crippen LogP contribution in [0.3, 0.4) is 0 Å². The van der Waals surface area contributed by atoms with E-state index < -0.39 is 41.6 Å². The number of unbranched alkanes of at least 4 members (excludes halogenated alkanes) is 5. The van der Waals surface area contributed by atoms with Crippen molar-refractivity contribution in [2.24, 2.45) is 0 Å². The molecule has 2 unspecified atom stereocenters. The number of alkyl carbamates (subject to hydrolysis) is 1. The summed E-state index contributed by atoms with van der Waals surface area (Å²) in [5, 5.41) is 15.9. The zero-order valence-electron chi connectivity index (χ0n) is 24.4. The number of ether oxygens (including phenoxy) is 2. The van der Waals surface area contributed by atoms with E-state index in [0.717, 1.165) is 32.1 Å². The fourth-order valence-electron chi connectivity index (χ4n) is 4.01. The second-order valence-corrected chi connectivity index (χ2v) is 10.5. The third kappa shape index (κ3) is 12.9. The van der Waals surface area contributed by atoms with Gasteiger partial charge in [-0.05, 0) is 47.1 Å². The van der Waals surface area contributed by atoms with Gasteiger partial charge in [0.2, 0.25) is 11.8 Å². The van der Waals surface area contributed by atoms with Gasteiger partial charge in [-0.2, -0.15) is 0 Å². The molecule has 0 bridgehead atoms. The number of benzene rings is 1. The predicted octanol–water partition coefficient (Wildman–Crippen LogP) is 4.61. The Bertz CT molecular complexity index is 930. The van der Waals surface area contributed by atoms with Gasteiger partial charge in [0.05, 0.1) is 13.0 Å². The lowest BCUT2D eigenvalue weighted by atomic mass is 10.0. The maximum Gasteiger partial charge on any atom is 0.408 e. The van der Waals surface area contributed by atoms with Crippen LogP contribution < -0.4 is 10.6 Å². The van der Waals surface area contributed by atoms with Crippen LogP contribution in [0, 0.1) is 0 Å². The van der Waals surface area contributed by atoms with Gasteiger partial charge in [-0.3, -0.25) is 14.4 Å². The molecule has 0 aliphatic carbocycles. The first-order valence-corrected chi connectivity index (χ1v) is 13.9. The molecule has 0 radical (unpaired) electrons. The molecule has 1 aromatic carbocycles. The van der Waals surface area contributed by atoms with Crippen molar-refractivity contribution in [2.45, 2.75) is 104 Å². The van der Waals surface area contributed by atoms with E-state index in [1.54, 1.807) is 45.9 Å². The lowest BCUT2D eigenvalue weighted by Gasteiger charge is -2.34. The van der Waals surface area contributed by atoms with Gasteiger partial charge >= 0.3 is 12.1 Å². The van der Waals surface area contributed by atoms with Crippen molar-refractivity contribution in [3.8, 4) is 5.75 Å². The maximum absolute atomic E-state index is 13.7. The number of phenols is 1. The predicted molar refractivity (Wildman–Crippen MR) is 149 cm³/mol. The molecule has 10 nitrogen and oxygen atoms in total. The SMILES string of the molecule is CCCCCCCCN(C(=O)C(C)NC(=O)OC(C)(C)C)C(C(=O)NCCC(=O)OCC)c1ccccc1O. The first-order chi connectivity index (χ1) is 18.4. The van der Waals surface area contributed by atoms with E-state index >= 15 is 0 Å². The highest BCUT2D eigenvalue weighted by atomic mass is 16.6. The molecule has 0 saturated carbocycles. The van der Waals surface area contributed by atoms with E-state index in [1.807, 2.05) is 0 Å². The first-order valence-electron chi connectivity index (χ1n) is 13.9. The quantitative estimate of drug-likeness (QED) is 0.203. The van der Waals surface area contributed by atoms with Crippen molar-refractivity contribution >= 4 is 23.9 Å². The van der Waals surface area contributed by atoms with Gasteiger partial charge in [-0.25, -0.2) is 4.79 Å². The van der Waals surface area contributed by atoms with Gasteiger partial charge in [-0.1, -0.05) is 57.2 Å². The van der Waals surface area contributed by atoms with Gasteiger partial charge in [0.25, 0.3) is 0 Å². The molecule has 0 saturated heterocycles. The molecule has 10 heteroatoms. The third-order valence-electron chi connectivity index (χ3n) is 5.86. The summed E-state index contributed by atoms with van der Waals surface area (Å²) < 4.78 is 10.2. The van der Waals surface area contributed by atoms with Crippen LogP contribution in [0.25, 0.3) is 0 Å². The molecule has 39 heavy (non-hydrogen) atoms. The Balaban J connectivity index is 3.24. The number of carbonyl (C=O) groups is 4. The molecule has 1 aromatic rings. The summed E-state index contributed by atoms with van der Waals surface area (Å²) in [6.45, 7) is 11.0. The van der Waals surface area contributed by atoms with Crippen LogP contribution in [0.1, 0.15) is 98.1 Å². The largest absolute Gasteiger partial charge is 0.508 e. The minimum Gasteiger partial charge on any atom is -0.508 e. The number of carbonyl (C=O) groups excluding carboxylic acids is 4. The van der Waals surface area contributed by atoms with E-state index in [1.165, 1.54) is 17.9 Å².